The van der Waals surface area contributed by atoms with Gasteiger partial charge in [-0.15, -0.1) is 0 Å². The van der Waals surface area contributed by atoms with E-state index in [-0.39, 0.29) is 19.2 Å². The molecule has 0 aromatic heterocycles. The van der Waals surface area contributed by atoms with Crippen LogP contribution in [0.1, 0.15) is 55.0 Å². The highest BCUT2D eigenvalue weighted by atomic mass is 16.5. The molecule has 2 amide bonds. The molecule has 3 rings (SSSR count). The Kier molecular flexibility index (Phi) is 7.23. The van der Waals surface area contributed by atoms with Gasteiger partial charge in [-0.05, 0) is 55.5 Å². The van der Waals surface area contributed by atoms with Crippen LogP contribution in [0.3, 0.4) is 0 Å². The first kappa shape index (κ1) is 23.4. The number of nitrogens with one attached hydrogen (secondary N) is 1. The Balaban J connectivity index is 2.01. The number of urea groups is 1. The summed E-state index contributed by atoms with van der Waals surface area (Å²) in [4.78, 5) is 27.3. The summed E-state index contributed by atoms with van der Waals surface area (Å²) >= 11 is 0. The first-order valence-corrected chi connectivity index (χ1v) is 11.0. The molecule has 1 heterocycles. The number of likely N-dealkylation sites (N-methyl/N-ethyl adjacent to an activating group) is 1. The van der Waals surface area contributed by atoms with Crippen LogP contribution in [-0.2, 0) is 9.53 Å². The van der Waals surface area contributed by atoms with Crippen molar-refractivity contribution in [1.29, 1.82) is 0 Å². The molecule has 1 unspecified atom stereocenters. The molecular weight excluding hydrogens is 404 g/mol. The van der Waals surface area contributed by atoms with E-state index in [1.807, 2.05) is 56.3 Å². The Morgan fingerprint density at radius 3 is 2.41 bits per heavy atom. The number of hydrogen-bond donors (Lipinski definition) is 1. The predicted octanol–water partition coefficient (Wildman–Crippen LogP) is 5.02. The summed E-state index contributed by atoms with van der Waals surface area (Å²) in [5, 5.41) is 2.95. The zero-order valence-electron chi connectivity index (χ0n) is 19.7. The van der Waals surface area contributed by atoms with Crippen LogP contribution in [0.25, 0.3) is 0 Å². The SMILES string of the molecule is CCOC(=O)C1=C(COc2ccc(C(C)C)cc2)N(C)C(=O)NC1c1ccc(C)cc1C. The number of aryl methyl sites for hydroxylation is 2. The van der Waals surface area contributed by atoms with Gasteiger partial charge in [-0.2, -0.15) is 0 Å². The molecule has 6 heteroatoms. The topological polar surface area (TPSA) is 67.9 Å². The molecular formula is C26H32N2O4. The Morgan fingerprint density at radius 1 is 1.12 bits per heavy atom. The standard InChI is InChI=1S/C26H32N2O4/c1-7-31-25(29)23-22(15-32-20-11-9-19(10-12-20)16(2)3)28(6)26(30)27-24(23)21-13-8-17(4)14-18(21)5/h8-14,16,24H,7,15H2,1-6H3,(H,27,30). The fourth-order valence-corrected chi connectivity index (χ4v) is 3.86. The number of nitrogens with zero attached hydrogens (tertiary/aromatic N) is 1. The molecule has 0 bridgehead atoms. The van der Waals surface area contributed by atoms with E-state index in [1.165, 1.54) is 10.5 Å². The fourth-order valence-electron chi connectivity index (χ4n) is 3.86. The maximum Gasteiger partial charge on any atom is 0.338 e. The van der Waals surface area contributed by atoms with E-state index in [9.17, 15) is 9.59 Å². The molecule has 0 fully saturated rings. The number of carbonyl (C=O) groups is 2. The van der Waals surface area contributed by atoms with E-state index in [1.54, 1.807) is 14.0 Å². The number of rotatable bonds is 7. The summed E-state index contributed by atoms with van der Waals surface area (Å²) in [6, 6.07) is 12.9. The second-order valence-electron chi connectivity index (χ2n) is 8.39. The third kappa shape index (κ3) is 4.96. The lowest BCUT2D eigenvalue weighted by Crippen LogP contribution is -2.48. The van der Waals surface area contributed by atoms with Crippen LogP contribution in [-0.4, -0.2) is 37.2 Å². The van der Waals surface area contributed by atoms with Gasteiger partial charge >= 0.3 is 12.0 Å². The minimum absolute atomic E-state index is 0.0699. The fraction of sp³-hybridized carbons (Fsp3) is 0.385. The lowest BCUT2D eigenvalue weighted by molar-refractivity contribution is -0.139. The van der Waals surface area contributed by atoms with Gasteiger partial charge in [-0.1, -0.05) is 49.7 Å². The quantitative estimate of drug-likeness (QED) is 0.619. The highest BCUT2D eigenvalue weighted by Crippen LogP contribution is 2.33. The average Bonchev–Trinajstić information content (AvgIpc) is 2.75. The van der Waals surface area contributed by atoms with E-state index < -0.39 is 12.0 Å². The van der Waals surface area contributed by atoms with Crippen molar-refractivity contribution in [2.24, 2.45) is 0 Å². The van der Waals surface area contributed by atoms with Crippen LogP contribution < -0.4 is 10.1 Å². The summed E-state index contributed by atoms with van der Waals surface area (Å²) in [6.07, 6.45) is 0. The van der Waals surface area contributed by atoms with E-state index in [0.29, 0.717) is 22.9 Å². The highest BCUT2D eigenvalue weighted by Gasteiger charge is 2.37. The third-order valence-corrected chi connectivity index (χ3v) is 5.73. The molecule has 0 spiro atoms. The van der Waals surface area contributed by atoms with Crippen molar-refractivity contribution < 1.29 is 19.1 Å². The Morgan fingerprint density at radius 2 is 1.81 bits per heavy atom. The molecule has 0 radical (unpaired) electrons. The minimum atomic E-state index is -0.611. The summed E-state index contributed by atoms with van der Waals surface area (Å²) in [7, 11) is 1.63. The number of esters is 1. The van der Waals surface area contributed by atoms with Crippen LogP contribution in [0.2, 0.25) is 0 Å². The summed E-state index contributed by atoms with van der Waals surface area (Å²) in [6.45, 7) is 10.3. The molecule has 1 aliphatic heterocycles. The van der Waals surface area contributed by atoms with Gasteiger partial charge in [0, 0.05) is 7.05 Å². The number of hydrogen-bond acceptors (Lipinski definition) is 4. The second-order valence-corrected chi connectivity index (χ2v) is 8.39. The molecule has 6 nitrogen and oxygen atoms in total. The lowest BCUT2D eigenvalue weighted by atomic mass is 9.91. The normalized spacial score (nSPS) is 16.3. The molecule has 0 saturated carbocycles. The molecule has 2 aromatic rings. The van der Waals surface area contributed by atoms with Crippen molar-refractivity contribution in [3.8, 4) is 5.75 Å². The maximum absolute atomic E-state index is 13.0. The van der Waals surface area contributed by atoms with Crippen LogP contribution in [0.5, 0.6) is 5.75 Å². The van der Waals surface area contributed by atoms with Crippen molar-refractivity contribution in [1.82, 2.24) is 10.2 Å². The predicted molar refractivity (Wildman–Crippen MR) is 125 cm³/mol. The molecule has 170 valence electrons. The number of carbonyl (C=O) groups excluding carboxylic acids is 2. The van der Waals surface area contributed by atoms with Crippen LogP contribution in [0.15, 0.2) is 53.7 Å². The maximum atomic E-state index is 13.0. The van der Waals surface area contributed by atoms with Gasteiger partial charge in [0.25, 0.3) is 0 Å². The van der Waals surface area contributed by atoms with Gasteiger partial charge in [-0.3, -0.25) is 4.90 Å². The molecule has 0 aliphatic carbocycles. The Labute approximate surface area is 190 Å². The minimum Gasteiger partial charge on any atom is -0.487 e. The van der Waals surface area contributed by atoms with Gasteiger partial charge in [0.15, 0.2) is 0 Å². The number of benzene rings is 2. The molecule has 0 saturated heterocycles. The summed E-state index contributed by atoms with van der Waals surface area (Å²) < 4.78 is 11.4. The second kappa shape index (κ2) is 9.90. The van der Waals surface area contributed by atoms with E-state index in [2.05, 4.69) is 19.2 Å². The van der Waals surface area contributed by atoms with Crippen molar-refractivity contribution in [2.75, 3.05) is 20.3 Å². The largest absolute Gasteiger partial charge is 0.487 e. The van der Waals surface area contributed by atoms with Gasteiger partial charge in [0.1, 0.15) is 12.4 Å². The van der Waals surface area contributed by atoms with E-state index in [4.69, 9.17) is 9.47 Å². The third-order valence-electron chi connectivity index (χ3n) is 5.73. The van der Waals surface area contributed by atoms with Gasteiger partial charge in [0.05, 0.1) is 23.9 Å². The van der Waals surface area contributed by atoms with Gasteiger partial charge in [0.2, 0.25) is 0 Å². The van der Waals surface area contributed by atoms with Crippen LogP contribution >= 0.6 is 0 Å². The summed E-state index contributed by atoms with van der Waals surface area (Å²) in [5.74, 6) is 0.638. The number of amides is 2. The van der Waals surface area contributed by atoms with Crippen molar-refractivity contribution in [2.45, 2.75) is 46.6 Å². The monoisotopic (exact) mass is 436 g/mol. The smallest absolute Gasteiger partial charge is 0.338 e. The Hall–Kier alpha value is -3.28. The zero-order chi connectivity index (χ0) is 23.4. The molecule has 32 heavy (non-hydrogen) atoms. The van der Waals surface area contributed by atoms with Crippen LogP contribution in [0, 0.1) is 13.8 Å². The van der Waals surface area contributed by atoms with Crippen molar-refractivity contribution in [3.63, 3.8) is 0 Å². The first-order valence-electron chi connectivity index (χ1n) is 11.0. The molecule has 1 N–H and O–H groups in total. The average molecular weight is 437 g/mol. The van der Waals surface area contributed by atoms with Gasteiger partial charge < -0.3 is 14.8 Å². The van der Waals surface area contributed by atoms with Crippen molar-refractivity contribution >= 4 is 12.0 Å². The Bertz CT molecular complexity index is 1020. The van der Waals surface area contributed by atoms with Gasteiger partial charge in [-0.25, -0.2) is 9.59 Å². The number of ether oxygens (including phenoxy) is 2. The molecule has 1 aliphatic rings. The summed E-state index contributed by atoms with van der Waals surface area (Å²) in [5.41, 5.74) is 5.06. The van der Waals surface area contributed by atoms with E-state index >= 15 is 0 Å². The lowest BCUT2D eigenvalue weighted by Gasteiger charge is -2.35. The highest BCUT2D eigenvalue weighted by molar-refractivity contribution is 5.95. The first-order chi connectivity index (χ1) is 15.2. The van der Waals surface area contributed by atoms with Crippen LogP contribution in [0.4, 0.5) is 4.79 Å². The zero-order valence-corrected chi connectivity index (χ0v) is 19.7. The molecule has 2 aromatic carbocycles. The van der Waals surface area contributed by atoms with Crippen molar-refractivity contribution in [3.05, 3.63) is 76.0 Å². The van der Waals surface area contributed by atoms with E-state index in [0.717, 1.165) is 16.7 Å². The molecule has 1 atom stereocenters.